The standard InChI is InChI=1S/C18H35I/c1-10-13-11(2)14(17(4,5)6)15(18(7,8)9)16(19)12(13)3/h11-16H,10H2,1-9H3. The van der Waals surface area contributed by atoms with Gasteiger partial charge in [-0.15, -0.1) is 0 Å². The Balaban J connectivity index is 3.26. The third-order valence-corrected chi connectivity index (χ3v) is 7.53. The Bertz CT molecular complexity index is 294. The van der Waals surface area contributed by atoms with Crippen molar-refractivity contribution in [3.05, 3.63) is 0 Å². The van der Waals surface area contributed by atoms with Crippen LogP contribution in [0.4, 0.5) is 0 Å². The van der Waals surface area contributed by atoms with Crippen molar-refractivity contribution in [2.45, 2.75) is 72.7 Å². The fourth-order valence-electron chi connectivity index (χ4n) is 4.92. The Morgan fingerprint density at radius 3 is 1.53 bits per heavy atom. The first-order valence-electron chi connectivity index (χ1n) is 8.07. The highest BCUT2D eigenvalue weighted by Crippen LogP contribution is 2.57. The van der Waals surface area contributed by atoms with Crippen LogP contribution in [-0.4, -0.2) is 3.92 Å². The molecular formula is C18H35I. The van der Waals surface area contributed by atoms with Gasteiger partial charge in [-0.25, -0.2) is 0 Å². The van der Waals surface area contributed by atoms with Gasteiger partial charge in [0, 0.05) is 3.92 Å². The lowest BCUT2D eigenvalue weighted by atomic mass is 9.51. The molecule has 1 rings (SSSR count). The predicted molar refractivity (Wildman–Crippen MR) is 95.8 cm³/mol. The van der Waals surface area contributed by atoms with Crippen LogP contribution in [0.15, 0.2) is 0 Å². The molecule has 0 bridgehead atoms. The van der Waals surface area contributed by atoms with Crippen LogP contribution < -0.4 is 0 Å². The fourth-order valence-corrected chi connectivity index (χ4v) is 6.98. The van der Waals surface area contributed by atoms with E-state index in [-0.39, 0.29) is 0 Å². The summed E-state index contributed by atoms with van der Waals surface area (Å²) < 4.78 is 0.808. The van der Waals surface area contributed by atoms with E-state index in [9.17, 15) is 0 Å². The van der Waals surface area contributed by atoms with Crippen LogP contribution in [0.2, 0.25) is 0 Å². The van der Waals surface area contributed by atoms with Crippen LogP contribution in [0.3, 0.4) is 0 Å². The van der Waals surface area contributed by atoms with Gasteiger partial charge in [-0.1, -0.05) is 91.3 Å². The normalized spacial score (nSPS) is 41.4. The monoisotopic (exact) mass is 378 g/mol. The second kappa shape index (κ2) is 5.85. The Kier molecular flexibility index (Phi) is 5.47. The van der Waals surface area contributed by atoms with Gasteiger partial charge in [0.15, 0.2) is 0 Å². The van der Waals surface area contributed by atoms with E-state index in [4.69, 9.17) is 0 Å². The van der Waals surface area contributed by atoms with E-state index in [2.05, 4.69) is 84.9 Å². The number of rotatable bonds is 1. The second-order valence-electron chi connectivity index (χ2n) is 9.02. The molecule has 0 N–H and O–H groups in total. The van der Waals surface area contributed by atoms with Gasteiger partial charge in [-0.3, -0.25) is 0 Å². The molecule has 1 heteroatoms. The van der Waals surface area contributed by atoms with Gasteiger partial charge in [-0.2, -0.15) is 0 Å². The maximum Gasteiger partial charge on any atom is 0.0174 e. The van der Waals surface area contributed by atoms with Gasteiger partial charge in [0.2, 0.25) is 0 Å². The molecule has 1 saturated carbocycles. The summed E-state index contributed by atoms with van der Waals surface area (Å²) in [5.74, 6) is 4.24. The third-order valence-electron chi connectivity index (χ3n) is 5.62. The minimum Gasteiger partial charge on any atom is -0.0820 e. The molecule has 6 atom stereocenters. The molecule has 1 aliphatic carbocycles. The molecular weight excluding hydrogens is 343 g/mol. The molecule has 1 aliphatic rings. The van der Waals surface area contributed by atoms with Gasteiger partial charge in [0.1, 0.15) is 0 Å². The van der Waals surface area contributed by atoms with E-state index >= 15 is 0 Å². The van der Waals surface area contributed by atoms with Crippen LogP contribution in [-0.2, 0) is 0 Å². The fraction of sp³-hybridized carbons (Fsp3) is 1.00. The summed E-state index contributed by atoms with van der Waals surface area (Å²) in [4.78, 5) is 0. The average molecular weight is 378 g/mol. The second-order valence-corrected chi connectivity index (χ2v) is 10.5. The lowest BCUT2D eigenvalue weighted by Crippen LogP contribution is -2.53. The van der Waals surface area contributed by atoms with Crippen LogP contribution in [0.5, 0.6) is 0 Å². The van der Waals surface area contributed by atoms with Gasteiger partial charge in [-0.05, 0) is 40.4 Å². The van der Waals surface area contributed by atoms with E-state index in [0.717, 1.165) is 33.5 Å². The van der Waals surface area contributed by atoms with Crippen molar-refractivity contribution in [3.63, 3.8) is 0 Å². The smallest absolute Gasteiger partial charge is 0.0174 e. The summed E-state index contributed by atoms with van der Waals surface area (Å²) in [6.45, 7) is 22.1. The van der Waals surface area contributed by atoms with Crippen molar-refractivity contribution < 1.29 is 0 Å². The zero-order valence-electron chi connectivity index (χ0n) is 14.5. The van der Waals surface area contributed by atoms with E-state index in [1.807, 2.05) is 0 Å². The number of alkyl halides is 1. The summed E-state index contributed by atoms with van der Waals surface area (Å²) in [5.41, 5.74) is 0.819. The Morgan fingerprint density at radius 2 is 1.21 bits per heavy atom. The Morgan fingerprint density at radius 1 is 0.789 bits per heavy atom. The van der Waals surface area contributed by atoms with Crippen molar-refractivity contribution in [3.8, 4) is 0 Å². The zero-order valence-corrected chi connectivity index (χ0v) is 16.7. The van der Waals surface area contributed by atoms with Crippen molar-refractivity contribution in [1.82, 2.24) is 0 Å². The van der Waals surface area contributed by atoms with Crippen LogP contribution in [0.1, 0.15) is 68.7 Å². The molecule has 0 aromatic heterocycles. The van der Waals surface area contributed by atoms with Crippen molar-refractivity contribution in [2.75, 3.05) is 0 Å². The molecule has 0 spiro atoms. The van der Waals surface area contributed by atoms with E-state index in [1.54, 1.807) is 0 Å². The highest BCUT2D eigenvalue weighted by atomic mass is 127. The molecule has 0 aromatic carbocycles. The maximum absolute atomic E-state index is 2.77. The van der Waals surface area contributed by atoms with E-state index < -0.39 is 0 Å². The molecule has 0 radical (unpaired) electrons. The van der Waals surface area contributed by atoms with Crippen LogP contribution in [0.25, 0.3) is 0 Å². The molecule has 0 saturated heterocycles. The zero-order chi connectivity index (χ0) is 15.2. The first kappa shape index (κ1) is 17.8. The highest BCUT2D eigenvalue weighted by molar-refractivity contribution is 14.1. The highest BCUT2D eigenvalue weighted by Gasteiger charge is 2.52. The Hall–Kier alpha value is 0.730. The molecule has 0 heterocycles. The molecule has 19 heavy (non-hydrogen) atoms. The first-order chi connectivity index (χ1) is 8.42. The van der Waals surface area contributed by atoms with Gasteiger partial charge in [0.25, 0.3) is 0 Å². The van der Waals surface area contributed by atoms with Crippen LogP contribution in [0, 0.1) is 40.4 Å². The minimum atomic E-state index is 0.408. The van der Waals surface area contributed by atoms with Crippen LogP contribution >= 0.6 is 22.6 Å². The quantitative estimate of drug-likeness (QED) is 0.364. The van der Waals surface area contributed by atoms with Crippen molar-refractivity contribution in [2.24, 2.45) is 40.4 Å². The SMILES string of the molecule is CCC1C(C)C(I)C(C(C)(C)C)C(C(C)(C)C)C1C. The van der Waals surface area contributed by atoms with E-state index in [1.165, 1.54) is 6.42 Å². The molecule has 0 nitrogen and oxygen atoms in total. The summed E-state index contributed by atoms with van der Waals surface area (Å²) in [7, 11) is 0. The summed E-state index contributed by atoms with van der Waals surface area (Å²) in [6.07, 6.45) is 1.34. The molecule has 1 fully saturated rings. The van der Waals surface area contributed by atoms with E-state index in [0.29, 0.717) is 10.8 Å². The number of hydrogen-bond acceptors (Lipinski definition) is 0. The van der Waals surface area contributed by atoms with Crippen molar-refractivity contribution in [1.29, 1.82) is 0 Å². The predicted octanol–water partition coefficient (Wildman–Crippen LogP) is 6.43. The lowest BCUT2D eigenvalue weighted by Gasteiger charge is -2.57. The topological polar surface area (TPSA) is 0 Å². The molecule has 0 aromatic rings. The molecule has 6 unspecified atom stereocenters. The Labute approximate surface area is 135 Å². The van der Waals surface area contributed by atoms with Gasteiger partial charge < -0.3 is 0 Å². The number of hydrogen-bond donors (Lipinski definition) is 0. The lowest BCUT2D eigenvalue weighted by molar-refractivity contribution is -0.0483. The van der Waals surface area contributed by atoms with Crippen molar-refractivity contribution >= 4 is 22.6 Å². The molecule has 0 aliphatic heterocycles. The average Bonchev–Trinajstić information content (AvgIpc) is 2.20. The van der Waals surface area contributed by atoms with Gasteiger partial charge >= 0.3 is 0 Å². The summed E-state index contributed by atoms with van der Waals surface area (Å²) in [5, 5.41) is 0. The largest absolute Gasteiger partial charge is 0.0820 e. The first-order valence-corrected chi connectivity index (χ1v) is 9.31. The number of halogens is 1. The van der Waals surface area contributed by atoms with Gasteiger partial charge in [0.05, 0.1) is 0 Å². The minimum absolute atomic E-state index is 0.408. The maximum atomic E-state index is 2.77. The molecule has 0 amide bonds. The summed E-state index contributed by atoms with van der Waals surface area (Å²) >= 11 is 2.77. The molecule has 114 valence electrons. The third kappa shape index (κ3) is 3.49. The summed E-state index contributed by atoms with van der Waals surface area (Å²) in [6, 6.07) is 0.